The van der Waals surface area contributed by atoms with Gasteiger partial charge in [-0.05, 0) is 56.0 Å². The van der Waals surface area contributed by atoms with E-state index in [1.807, 2.05) is 19.1 Å². The van der Waals surface area contributed by atoms with Crippen LogP contribution in [0.15, 0.2) is 21.1 Å². The summed E-state index contributed by atoms with van der Waals surface area (Å²) in [5.74, 6) is 0.538. The van der Waals surface area contributed by atoms with Crippen molar-refractivity contribution in [3.8, 4) is 5.75 Å². The number of hydrogen-bond acceptors (Lipinski definition) is 3. The number of ether oxygens (including phenoxy) is 1. The summed E-state index contributed by atoms with van der Waals surface area (Å²) in [5, 5.41) is 6.14. The van der Waals surface area contributed by atoms with E-state index in [1.54, 1.807) is 0 Å². The molecule has 0 saturated carbocycles. The van der Waals surface area contributed by atoms with Gasteiger partial charge in [-0.1, -0.05) is 20.8 Å². The van der Waals surface area contributed by atoms with Gasteiger partial charge in [0.15, 0.2) is 6.61 Å². The molecule has 0 atom stereocenters. The van der Waals surface area contributed by atoms with Crippen LogP contribution in [0.4, 0.5) is 0 Å². The van der Waals surface area contributed by atoms with E-state index in [-0.39, 0.29) is 12.5 Å². The van der Waals surface area contributed by atoms with Crippen molar-refractivity contribution >= 4 is 37.8 Å². The van der Waals surface area contributed by atoms with Gasteiger partial charge in [-0.15, -0.1) is 0 Å². The molecule has 0 aromatic heterocycles. The summed E-state index contributed by atoms with van der Waals surface area (Å²) in [4.78, 5) is 11.6. The lowest BCUT2D eigenvalue weighted by Crippen LogP contribution is -2.29. The van der Waals surface area contributed by atoms with E-state index in [0.717, 1.165) is 27.5 Å². The minimum Gasteiger partial charge on any atom is -0.481 e. The van der Waals surface area contributed by atoms with Gasteiger partial charge in [0.05, 0.1) is 8.95 Å². The standard InChI is InChI=1S/C15H22Br2N2O2/c1-4-5-18-14(20)9-21-15-12(16)6-11(7-13(15)17)8-19-10(2)3/h6-7,10,19H,4-5,8-9H2,1-3H3,(H,18,20). The molecule has 2 N–H and O–H groups in total. The van der Waals surface area contributed by atoms with E-state index in [1.165, 1.54) is 0 Å². The molecule has 0 heterocycles. The van der Waals surface area contributed by atoms with Gasteiger partial charge in [-0.3, -0.25) is 4.79 Å². The number of nitrogens with one attached hydrogen (secondary N) is 2. The molecule has 0 radical (unpaired) electrons. The minimum absolute atomic E-state index is 0.0147. The maximum atomic E-state index is 11.6. The second-order valence-electron chi connectivity index (χ2n) is 5.06. The van der Waals surface area contributed by atoms with Crippen molar-refractivity contribution in [1.82, 2.24) is 10.6 Å². The number of carbonyl (C=O) groups is 1. The Kier molecular flexibility index (Phi) is 8.29. The van der Waals surface area contributed by atoms with Crippen LogP contribution in [0, 0.1) is 0 Å². The first-order valence-electron chi connectivity index (χ1n) is 7.04. The number of amides is 1. The molecule has 4 nitrogen and oxygen atoms in total. The average molecular weight is 422 g/mol. The fourth-order valence-electron chi connectivity index (χ4n) is 1.63. The molecule has 1 rings (SSSR count). The Morgan fingerprint density at radius 3 is 2.43 bits per heavy atom. The molecular weight excluding hydrogens is 400 g/mol. The van der Waals surface area contributed by atoms with Crippen LogP contribution < -0.4 is 15.4 Å². The first-order chi connectivity index (χ1) is 9.93. The predicted octanol–water partition coefficient (Wildman–Crippen LogP) is 3.61. The summed E-state index contributed by atoms with van der Waals surface area (Å²) in [6.07, 6.45) is 0.913. The Balaban J connectivity index is 2.65. The molecule has 0 aliphatic rings. The molecule has 0 aliphatic carbocycles. The second kappa shape index (κ2) is 9.43. The molecular formula is C15H22Br2N2O2. The van der Waals surface area contributed by atoms with Gasteiger partial charge in [0.25, 0.3) is 5.91 Å². The molecule has 0 spiro atoms. The molecule has 6 heteroatoms. The quantitative estimate of drug-likeness (QED) is 0.673. The van der Waals surface area contributed by atoms with Crippen LogP contribution in [0.2, 0.25) is 0 Å². The third kappa shape index (κ3) is 6.80. The Hall–Kier alpha value is -0.590. The van der Waals surface area contributed by atoms with E-state index in [9.17, 15) is 4.79 Å². The third-order valence-electron chi connectivity index (χ3n) is 2.69. The van der Waals surface area contributed by atoms with Crippen molar-refractivity contribution in [3.05, 3.63) is 26.6 Å². The van der Waals surface area contributed by atoms with Crippen LogP contribution >= 0.6 is 31.9 Å². The smallest absolute Gasteiger partial charge is 0.257 e. The number of rotatable bonds is 8. The normalized spacial score (nSPS) is 10.8. The van der Waals surface area contributed by atoms with Gasteiger partial charge in [0.2, 0.25) is 0 Å². The highest BCUT2D eigenvalue weighted by Gasteiger charge is 2.11. The Morgan fingerprint density at radius 2 is 1.90 bits per heavy atom. The maximum Gasteiger partial charge on any atom is 0.257 e. The van der Waals surface area contributed by atoms with Gasteiger partial charge in [0, 0.05) is 19.1 Å². The monoisotopic (exact) mass is 420 g/mol. The van der Waals surface area contributed by atoms with Gasteiger partial charge >= 0.3 is 0 Å². The van der Waals surface area contributed by atoms with Crippen LogP contribution in [0.5, 0.6) is 5.75 Å². The van der Waals surface area contributed by atoms with Crippen LogP contribution in [-0.2, 0) is 11.3 Å². The summed E-state index contributed by atoms with van der Waals surface area (Å²) < 4.78 is 7.25. The summed E-state index contributed by atoms with van der Waals surface area (Å²) in [6.45, 7) is 7.70. The predicted molar refractivity (Wildman–Crippen MR) is 92.6 cm³/mol. The largest absolute Gasteiger partial charge is 0.481 e. The molecule has 21 heavy (non-hydrogen) atoms. The third-order valence-corrected chi connectivity index (χ3v) is 3.87. The SMILES string of the molecule is CCCNC(=O)COc1c(Br)cc(CNC(C)C)cc1Br. The number of benzene rings is 1. The van der Waals surface area contributed by atoms with Crippen molar-refractivity contribution in [3.63, 3.8) is 0 Å². The Labute approximate surface area is 143 Å². The van der Waals surface area contributed by atoms with E-state index >= 15 is 0 Å². The molecule has 1 aromatic carbocycles. The first kappa shape index (κ1) is 18.5. The minimum atomic E-state index is -0.110. The van der Waals surface area contributed by atoms with Crippen molar-refractivity contribution in [2.75, 3.05) is 13.2 Å². The van der Waals surface area contributed by atoms with Gasteiger partial charge in [0.1, 0.15) is 5.75 Å². The summed E-state index contributed by atoms with van der Waals surface area (Å²) in [5.41, 5.74) is 1.14. The molecule has 0 aliphatic heterocycles. The fourth-order valence-corrected chi connectivity index (χ4v) is 3.14. The number of hydrogen-bond donors (Lipinski definition) is 2. The zero-order valence-electron chi connectivity index (χ0n) is 12.6. The maximum absolute atomic E-state index is 11.6. The molecule has 0 unspecified atom stereocenters. The van der Waals surface area contributed by atoms with Gasteiger partial charge < -0.3 is 15.4 Å². The Morgan fingerprint density at radius 1 is 1.29 bits per heavy atom. The van der Waals surface area contributed by atoms with E-state index < -0.39 is 0 Å². The van der Waals surface area contributed by atoms with Crippen LogP contribution in [0.25, 0.3) is 0 Å². The summed E-state index contributed by atoms with van der Waals surface area (Å²) in [6, 6.07) is 4.43. The molecule has 1 aromatic rings. The average Bonchev–Trinajstić information content (AvgIpc) is 2.41. The summed E-state index contributed by atoms with van der Waals surface area (Å²) >= 11 is 6.99. The molecule has 0 saturated heterocycles. The molecule has 1 amide bonds. The van der Waals surface area contributed by atoms with Crippen LogP contribution in [0.1, 0.15) is 32.8 Å². The second-order valence-corrected chi connectivity index (χ2v) is 6.77. The molecule has 0 fully saturated rings. The van der Waals surface area contributed by atoms with E-state index in [0.29, 0.717) is 18.3 Å². The summed E-state index contributed by atoms with van der Waals surface area (Å²) in [7, 11) is 0. The zero-order valence-corrected chi connectivity index (χ0v) is 15.8. The van der Waals surface area contributed by atoms with E-state index in [2.05, 4.69) is 56.3 Å². The van der Waals surface area contributed by atoms with Gasteiger partial charge in [-0.25, -0.2) is 0 Å². The van der Waals surface area contributed by atoms with E-state index in [4.69, 9.17) is 4.74 Å². The molecule has 0 bridgehead atoms. The lowest BCUT2D eigenvalue weighted by molar-refractivity contribution is -0.123. The topological polar surface area (TPSA) is 50.4 Å². The lowest BCUT2D eigenvalue weighted by atomic mass is 10.2. The van der Waals surface area contributed by atoms with Crippen molar-refractivity contribution in [1.29, 1.82) is 0 Å². The highest BCUT2D eigenvalue weighted by molar-refractivity contribution is 9.11. The number of halogens is 2. The zero-order chi connectivity index (χ0) is 15.8. The van der Waals surface area contributed by atoms with Crippen LogP contribution in [-0.4, -0.2) is 25.1 Å². The molecule has 118 valence electrons. The van der Waals surface area contributed by atoms with Crippen LogP contribution in [0.3, 0.4) is 0 Å². The van der Waals surface area contributed by atoms with Crippen molar-refractivity contribution in [2.24, 2.45) is 0 Å². The van der Waals surface area contributed by atoms with Crippen molar-refractivity contribution in [2.45, 2.75) is 39.8 Å². The first-order valence-corrected chi connectivity index (χ1v) is 8.63. The van der Waals surface area contributed by atoms with Gasteiger partial charge in [-0.2, -0.15) is 0 Å². The number of carbonyl (C=O) groups excluding carboxylic acids is 1. The Bertz CT molecular complexity index is 456. The highest BCUT2D eigenvalue weighted by atomic mass is 79.9. The highest BCUT2D eigenvalue weighted by Crippen LogP contribution is 2.34. The fraction of sp³-hybridized carbons (Fsp3) is 0.533. The van der Waals surface area contributed by atoms with Crippen molar-refractivity contribution < 1.29 is 9.53 Å². The lowest BCUT2D eigenvalue weighted by Gasteiger charge is -2.13.